The van der Waals surface area contributed by atoms with E-state index in [2.05, 4.69) is 41.2 Å². The van der Waals surface area contributed by atoms with Gasteiger partial charge in [0.25, 0.3) is 11.5 Å². The van der Waals surface area contributed by atoms with Crippen molar-refractivity contribution in [1.29, 1.82) is 0 Å². The summed E-state index contributed by atoms with van der Waals surface area (Å²) in [5.41, 5.74) is 6.15. The van der Waals surface area contributed by atoms with E-state index in [9.17, 15) is 68.7 Å². The minimum absolute atomic E-state index is 0. The normalized spacial score (nSPS) is 11.4. The van der Waals surface area contributed by atoms with Gasteiger partial charge in [-0.2, -0.15) is 4.98 Å². The van der Waals surface area contributed by atoms with E-state index in [-0.39, 0.29) is 107 Å². The number of hydrogen-bond acceptors (Lipinski definition) is 21. The third-order valence-electron chi connectivity index (χ3n) is 8.38. The third-order valence-corrected chi connectivity index (χ3v) is 8.38. The molecule has 0 aliphatic rings. The van der Waals surface area contributed by atoms with Crippen LogP contribution in [0.4, 0.5) is 11.6 Å². The average Bonchev–Trinajstić information content (AvgIpc) is 3.17. The molecule has 0 spiro atoms. The van der Waals surface area contributed by atoms with Crippen LogP contribution in [0.1, 0.15) is 28.9 Å². The fourth-order valence-electron chi connectivity index (χ4n) is 5.51. The molecule has 2 heterocycles. The molecule has 0 aliphatic carbocycles. The fourth-order valence-corrected chi connectivity index (χ4v) is 5.51. The van der Waals surface area contributed by atoms with Crippen LogP contribution >= 0.6 is 0 Å². The van der Waals surface area contributed by atoms with E-state index in [4.69, 9.17) is 5.73 Å². The van der Waals surface area contributed by atoms with Crippen LogP contribution in [0.25, 0.3) is 11.2 Å². The van der Waals surface area contributed by atoms with Gasteiger partial charge in [0.1, 0.15) is 6.04 Å². The first kappa shape index (κ1) is 51.7. The number of carbonyl (C=O) groups is 8. The van der Waals surface area contributed by atoms with Crippen LogP contribution in [0.2, 0.25) is 0 Å². The number of benzene rings is 1. The second-order valence-corrected chi connectivity index (χ2v) is 13.2. The number of nitrogens with two attached hydrogens (primary N) is 1. The summed E-state index contributed by atoms with van der Waals surface area (Å²) in [5, 5.41) is 64.4. The van der Waals surface area contributed by atoms with Gasteiger partial charge in [0.05, 0.1) is 48.9 Å². The van der Waals surface area contributed by atoms with Crippen LogP contribution in [-0.2, 0) is 40.1 Å². The first-order valence-corrected chi connectivity index (χ1v) is 18.3. The summed E-state index contributed by atoms with van der Waals surface area (Å²) in [7, 11) is 0. The summed E-state index contributed by atoms with van der Waals surface area (Å²) in [6.45, 7) is -4.34. The zero-order valence-corrected chi connectivity index (χ0v) is 36.3. The van der Waals surface area contributed by atoms with Crippen LogP contribution in [-0.4, -0.2) is 191 Å². The van der Waals surface area contributed by atoms with Crippen molar-refractivity contribution in [1.82, 2.24) is 50.6 Å². The Morgan fingerprint density at radius 2 is 1.26 bits per heavy atom. The number of nitrogen functional groups attached to an aromatic ring is 1. The number of carboxylic acids is 5. The summed E-state index contributed by atoms with van der Waals surface area (Å²) >= 11 is 0. The number of rotatable bonds is 28. The van der Waals surface area contributed by atoms with E-state index < -0.39 is 91.9 Å². The number of carbonyl (C=O) groups excluding carboxylic acids is 7. The zero-order valence-electron chi connectivity index (χ0n) is 33.0. The van der Waals surface area contributed by atoms with Crippen molar-refractivity contribution in [2.45, 2.75) is 25.4 Å². The van der Waals surface area contributed by atoms with Gasteiger partial charge in [-0.1, -0.05) is 0 Å². The minimum atomic E-state index is -1.58. The number of aromatic amines is 1. The molecule has 2 aromatic heterocycles. The number of hydrogen-bond donors (Lipinski definition) is 7. The van der Waals surface area contributed by atoms with Crippen molar-refractivity contribution < 1.29 is 63.9 Å². The Labute approximate surface area is 370 Å². The summed E-state index contributed by atoms with van der Waals surface area (Å²) in [4.78, 5) is 124. The van der Waals surface area contributed by atoms with Crippen LogP contribution in [0.5, 0.6) is 0 Å². The van der Waals surface area contributed by atoms with Gasteiger partial charge >= 0.3 is 5.97 Å². The van der Waals surface area contributed by atoms with Crippen LogP contribution < -0.4 is 53.0 Å². The smallest absolute Gasteiger partial charge is 0.326 e. The van der Waals surface area contributed by atoms with E-state index in [0.29, 0.717) is 11.4 Å². The van der Waals surface area contributed by atoms with Crippen molar-refractivity contribution in [2.75, 3.05) is 83.0 Å². The molecule has 3 radical (unpaired) electrons. The number of amides is 3. The predicted octanol–water partition coefficient (Wildman–Crippen LogP) is -9.37. The zero-order chi connectivity index (χ0) is 45.1. The monoisotopic (exact) mass is 965 g/mol. The minimum Gasteiger partial charge on any atom is -0.549 e. The van der Waals surface area contributed by atoms with E-state index >= 15 is 0 Å². The molecule has 1 atom stereocenters. The number of anilines is 2. The molecule has 26 nitrogen and oxygen atoms in total. The standard InChI is InChI=1S/C35H46N12O14.In/c36-35-43-31-30(33(59)44-35)41-22(14-40-31)13-39-21-3-1-20(2-4-21)32(58)42-23(34(60)61)5-6-24(48)37-7-8-38-25(49)15-46(17-27(52)53)11-9-45(16-26(50)51)10-12-47(18-28(54)55)19-29(56)57;/h1-4,14,23,39H,5-13,15-19H2,(H,37,48)(H,38,49)(H,42,58)(H,50,51)(H,52,53)(H,54,55)(H,56,57)(H,60,61)(H3,36,40,43,44,59);/p-4/t23-;/m0./s1/i;1-4. The van der Waals surface area contributed by atoms with Crippen LogP contribution in [0.3, 0.4) is 0 Å². The molecule has 3 rings (SSSR count). The number of carboxylic acid groups (broad SMARTS) is 5. The van der Waals surface area contributed by atoms with Gasteiger partial charge in [0.2, 0.25) is 17.8 Å². The van der Waals surface area contributed by atoms with Gasteiger partial charge < -0.3 is 71.7 Å². The van der Waals surface area contributed by atoms with Crippen molar-refractivity contribution in [2.24, 2.45) is 0 Å². The molecule has 0 bridgehead atoms. The number of nitrogens with one attached hydrogen (secondary N) is 5. The van der Waals surface area contributed by atoms with Crippen molar-refractivity contribution >= 4 is 96.2 Å². The fraction of sp³-hybridized carbons (Fsp3) is 0.429. The van der Waals surface area contributed by atoms with Gasteiger partial charge in [0, 0.05) is 109 Å². The number of aromatic nitrogens is 4. The molecular weight excluding hydrogens is 923 g/mol. The quantitative estimate of drug-likeness (QED) is 0.0332. The second kappa shape index (κ2) is 26.0. The molecule has 333 valence electrons. The Morgan fingerprint density at radius 3 is 1.81 bits per heavy atom. The largest absolute Gasteiger partial charge is 0.549 e. The Hall–Kier alpha value is -6.45. The maximum Gasteiger partial charge on any atom is 0.326 e. The Morgan fingerprint density at radius 1 is 0.742 bits per heavy atom. The van der Waals surface area contributed by atoms with Gasteiger partial charge in [0.15, 0.2) is 11.2 Å². The second-order valence-electron chi connectivity index (χ2n) is 13.2. The van der Waals surface area contributed by atoms with Crippen molar-refractivity contribution in [3.8, 4) is 0 Å². The van der Waals surface area contributed by atoms with Crippen LogP contribution in [0.15, 0.2) is 35.3 Å². The first-order chi connectivity index (χ1) is 28.9. The van der Waals surface area contributed by atoms with Gasteiger partial charge in [-0.3, -0.25) is 38.9 Å². The third kappa shape index (κ3) is 19.3. The molecule has 62 heavy (non-hydrogen) atoms. The number of aliphatic carboxylic acids is 5. The Kier molecular flexibility index (Phi) is 21.7. The van der Waals surface area contributed by atoms with Gasteiger partial charge in [-0.25, -0.2) is 14.8 Å². The average molecular weight is 966 g/mol. The Balaban J connectivity index is 0.0000132. The Bertz CT molecular complexity index is 2110. The number of fused-ring (bicyclic) bond motifs is 1. The molecule has 8 N–H and O–H groups in total. The van der Waals surface area contributed by atoms with Gasteiger partial charge in [-0.05, 0) is 30.7 Å². The molecule has 0 unspecified atom stereocenters. The first-order valence-electron chi connectivity index (χ1n) is 18.3. The molecule has 0 fully saturated rings. The molecule has 0 saturated carbocycles. The molecular formula is C35H42InN12O14-4. The summed E-state index contributed by atoms with van der Waals surface area (Å²) < 4.78 is 0. The molecule has 0 aliphatic heterocycles. The molecule has 1 aromatic carbocycles. The maximum absolute atomic E-state index is 12.8. The maximum atomic E-state index is 12.8. The SMILES string of the molecule is Nc1nc2ncc(CNc3ccc(C(=O)N[C@@H](CCC(=O)NCCNC(=O)CN(CCN(CCN(CC(=O)[O-])CC(=O)[O-])CC(=O)[O-])CC(=O)[O-])C(=O)O)cc3)nc2c(=O)[nH]1.[111In]. The predicted molar refractivity (Wildman–Crippen MR) is 205 cm³/mol. The molecule has 3 aromatic rings. The van der Waals surface area contributed by atoms with E-state index in [1.54, 1.807) is 12.1 Å². The summed E-state index contributed by atoms with van der Waals surface area (Å²) in [5.74, 6) is -9.75. The molecule has 27 heteroatoms. The molecule has 3 amide bonds. The topological polar surface area (TPSA) is 404 Å². The van der Waals surface area contributed by atoms with Crippen LogP contribution in [0, 0.1) is 0 Å². The number of H-pyrrole nitrogens is 1. The summed E-state index contributed by atoms with van der Waals surface area (Å²) in [6.07, 6.45) is 0.812. The van der Waals surface area contributed by atoms with E-state index in [1.165, 1.54) is 23.2 Å². The van der Waals surface area contributed by atoms with E-state index in [0.717, 1.165) is 9.80 Å². The van der Waals surface area contributed by atoms with Gasteiger partial charge in [-0.15, -0.1) is 0 Å². The molecule has 0 saturated heterocycles. The van der Waals surface area contributed by atoms with Crippen molar-refractivity contribution in [3.05, 3.63) is 52.1 Å². The van der Waals surface area contributed by atoms with Crippen molar-refractivity contribution in [3.63, 3.8) is 0 Å². The summed E-state index contributed by atoms with van der Waals surface area (Å²) in [6, 6.07) is 4.56. The number of nitrogens with zero attached hydrogens (tertiary/aromatic N) is 6. The van der Waals surface area contributed by atoms with E-state index in [1.807, 2.05) is 0 Å².